The lowest BCUT2D eigenvalue weighted by atomic mass is 10.1. The van der Waals surface area contributed by atoms with E-state index in [1.165, 1.54) is 0 Å². The van der Waals surface area contributed by atoms with Crippen LogP contribution in [-0.2, 0) is 11.2 Å². The minimum atomic E-state index is -1.55. The second-order valence-electron chi connectivity index (χ2n) is 3.26. The van der Waals surface area contributed by atoms with Crippen molar-refractivity contribution in [3.8, 4) is 5.75 Å². The Balaban J connectivity index is 2.31. The number of halogens is 1. The van der Waals surface area contributed by atoms with E-state index in [1.54, 1.807) is 18.2 Å². The fourth-order valence-electron chi connectivity index (χ4n) is 1.50. The van der Waals surface area contributed by atoms with E-state index in [0.717, 1.165) is 23.8 Å². The van der Waals surface area contributed by atoms with Gasteiger partial charge in [0.05, 0.1) is 6.61 Å². The van der Waals surface area contributed by atoms with E-state index in [9.17, 15) is 9.18 Å². The van der Waals surface area contributed by atoms with Crippen LogP contribution in [0.5, 0.6) is 5.75 Å². The number of rotatable bonds is 2. The maximum atomic E-state index is 12.8. The van der Waals surface area contributed by atoms with Gasteiger partial charge >= 0.3 is 5.97 Å². The molecule has 0 atom stereocenters. The first-order chi connectivity index (χ1) is 7.16. The highest BCUT2D eigenvalue weighted by atomic mass is 19.1. The molecule has 0 saturated carbocycles. The highest BCUT2D eigenvalue weighted by Crippen LogP contribution is 2.26. The van der Waals surface area contributed by atoms with Gasteiger partial charge in [0.2, 0.25) is 5.83 Å². The number of carbonyl (C=O) groups is 1. The van der Waals surface area contributed by atoms with Crippen molar-refractivity contribution in [3.05, 3.63) is 35.2 Å². The summed E-state index contributed by atoms with van der Waals surface area (Å²) in [5.41, 5.74) is 1.53. The summed E-state index contributed by atoms with van der Waals surface area (Å²) in [6.07, 6.45) is 1.78. The molecule has 1 aliphatic rings. The Labute approximate surface area is 85.8 Å². The van der Waals surface area contributed by atoms with E-state index in [0.29, 0.717) is 12.2 Å². The van der Waals surface area contributed by atoms with E-state index in [1.807, 2.05) is 0 Å². The van der Waals surface area contributed by atoms with Gasteiger partial charge in [-0.25, -0.2) is 4.79 Å². The van der Waals surface area contributed by atoms with E-state index in [4.69, 9.17) is 9.84 Å². The Morgan fingerprint density at radius 3 is 3.07 bits per heavy atom. The monoisotopic (exact) mass is 208 g/mol. The van der Waals surface area contributed by atoms with E-state index in [2.05, 4.69) is 0 Å². The molecular weight excluding hydrogens is 199 g/mol. The fourth-order valence-corrected chi connectivity index (χ4v) is 1.50. The van der Waals surface area contributed by atoms with Crippen molar-refractivity contribution in [2.24, 2.45) is 0 Å². The Morgan fingerprint density at radius 1 is 1.53 bits per heavy atom. The number of carboxylic acids is 1. The molecule has 1 aliphatic heterocycles. The first-order valence-electron chi connectivity index (χ1n) is 4.53. The number of hydrogen-bond donors (Lipinski definition) is 1. The average Bonchev–Trinajstić information content (AvgIpc) is 2.64. The molecule has 3 nitrogen and oxygen atoms in total. The van der Waals surface area contributed by atoms with Crippen LogP contribution in [0.15, 0.2) is 24.0 Å². The molecule has 1 aromatic carbocycles. The predicted octanol–water partition coefficient (Wildman–Crippen LogP) is 2.02. The van der Waals surface area contributed by atoms with Crippen molar-refractivity contribution in [1.82, 2.24) is 0 Å². The molecule has 0 saturated heterocycles. The summed E-state index contributed by atoms with van der Waals surface area (Å²) in [5.74, 6) is -1.91. The third-order valence-corrected chi connectivity index (χ3v) is 2.21. The number of benzene rings is 1. The van der Waals surface area contributed by atoms with E-state index >= 15 is 0 Å². The normalized spacial score (nSPS) is 14.6. The molecule has 0 aromatic heterocycles. The summed E-state index contributed by atoms with van der Waals surface area (Å²) in [6.45, 7) is 0.629. The second-order valence-corrected chi connectivity index (χ2v) is 3.26. The van der Waals surface area contributed by atoms with Crippen LogP contribution in [-0.4, -0.2) is 17.7 Å². The summed E-state index contributed by atoms with van der Waals surface area (Å²) in [7, 11) is 0. The molecule has 0 spiro atoms. The van der Waals surface area contributed by atoms with Crippen LogP contribution < -0.4 is 4.74 Å². The van der Waals surface area contributed by atoms with Crippen LogP contribution in [0.4, 0.5) is 4.39 Å². The predicted molar refractivity (Wildman–Crippen MR) is 52.4 cm³/mol. The molecular formula is C11H9FO3. The SMILES string of the molecule is O=C(O)C(F)=Cc1ccc2c(c1)CCO2. The van der Waals surface area contributed by atoms with Gasteiger partial charge in [0.25, 0.3) is 0 Å². The van der Waals surface area contributed by atoms with Crippen molar-refractivity contribution >= 4 is 12.0 Å². The lowest BCUT2D eigenvalue weighted by molar-refractivity contribution is -0.134. The first kappa shape index (κ1) is 9.71. The van der Waals surface area contributed by atoms with Gasteiger partial charge in [0.15, 0.2) is 0 Å². The van der Waals surface area contributed by atoms with Crippen LogP contribution in [0.25, 0.3) is 6.08 Å². The standard InChI is InChI=1S/C11H9FO3/c12-9(11(13)14)6-7-1-2-10-8(5-7)3-4-15-10/h1-2,5-6H,3-4H2,(H,13,14). The highest BCUT2D eigenvalue weighted by molar-refractivity contribution is 5.89. The van der Waals surface area contributed by atoms with Crippen molar-refractivity contribution < 1.29 is 19.0 Å². The summed E-state index contributed by atoms with van der Waals surface area (Å²) in [4.78, 5) is 10.3. The zero-order valence-corrected chi connectivity index (χ0v) is 7.87. The van der Waals surface area contributed by atoms with Gasteiger partial charge in [-0.15, -0.1) is 0 Å². The number of ether oxygens (including phenoxy) is 1. The molecule has 0 aliphatic carbocycles. The molecule has 4 heteroatoms. The van der Waals surface area contributed by atoms with Gasteiger partial charge in [-0.2, -0.15) is 4.39 Å². The molecule has 1 N–H and O–H groups in total. The molecule has 0 radical (unpaired) electrons. The maximum Gasteiger partial charge on any atom is 0.364 e. The Hall–Kier alpha value is -1.84. The molecule has 15 heavy (non-hydrogen) atoms. The zero-order chi connectivity index (χ0) is 10.8. The van der Waals surface area contributed by atoms with Crippen LogP contribution in [0.2, 0.25) is 0 Å². The van der Waals surface area contributed by atoms with Crippen molar-refractivity contribution in [2.45, 2.75) is 6.42 Å². The Kier molecular flexibility index (Phi) is 2.41. The molecule has 2 rings (SSSR count). The smallest absolute Gasteiger partial charge is 0.364 e. The van der Waals surface area contributed by atoms with Crippen molar-refractivity contribution in [2.75, 3.05) is 6.61 Å². The topological polar surface area (TPSA) is 46.5 Å². The van der Waals surface area contributed by atoms with Crippen LogP contribution in [0.1, 0.15) is 11.1 Å². The zero-order valence-electron chi connectivity index (χ0n) is 7.87. The van der Waals surface area contributed by atoms with Crippen molar-refractivity contribution in [3.63, 3.8) is 0 Å². The average molecular weight is 208 g/mol. The fraction of sp³-hybridized carbons (Fsp3) is 0.182. The lowest BCUT2D eigenvalue weighted by Crippen LogP contribution is -1.94. The number of aliphatic carboxylic acids is 1. The molecule has 1 heterocycles. The molecule has 1 aromatic rings. The molecule has 78 valence electrons. The number of carboxylic acid groups (broad SMARTS) is 1. The largest absolute Gasteiger partial charge is 0.493 e. The third-order valence-electron chi connectivity index (χ3n) is 2.21. The van der Waals surface area contributed by atoms with Crippen LogP contribution in [0, 0.1) is 0 Å². The highest BCUT2D eigenvalue weighted by Gasteiger charge is 2.12. The van der Waals surface area contributed by atoms with E-state index < -0.39 is 11.8 Å². The maximum absolute atomic E-state index is 12.8. The van der Waals surface area contributed by atoms with Crippen LogP contribution >= 0.6 is 0 Å². The van der Waals surface area contributed by atoms with Gasteiger partial charge in [-0.1, -0.05) is 6.07 Å². The Bertz CT molecular complexity index is 437. The number of fused-ring (bicyclic) bond motifs is 1. The van der Waals surface area contributed by atoms with Crippen LogP contribution in [0.3, 0.4) is 0 Å². The van der Waals surface area contributed by atoms with Gasteiger partial charge in [-0.05, 0) is 29.3 Å². The first-order valence-corrected chi connectivity index (χ1v) is 4.53. The summed E-state index contributed by atoms with van der Waals surface area (Å²) >= 11 is 0. The van der Waals surface area contributed by atoms with Gasteiger partial charge in [-0.3, -0.25) is 0 Å². The summed E-state index contributed by atoms with van der Waals surface area (Å²) < 4.78 is 18.1. The third kappa shape index (κ3) is 1.98. The summed E-state index contributed by atoms with van der Waals surface area (Å²) in [5, 5.41) is 8.37. The second kappa shape index (κ2) is 3.73. The molecule has 0 unspecified atom stereocenters. The summed E-state index contributed by atoms with van der Waals surface area (Å²) in [6, 6.07) is 5.10. The number of hydrogen-bond acceptors (Lipinski definition) is 2. The quantitative estimate of drug-likeness (QED) is 0.756. The Morgan fingerprint density at radius 2 is 2.33 bits per heavy atom. The lowest BCUT2D eigenvalue weighted by Gasteiger charge is -1.99. The molecule has 0 fully saturated rings. The molecule has 0 amide bonds. The van der Waals surface area contributed by atoms with Crippen molar-refractivity contribution in [1.29, 1.82) is 0 Å². The minimum absolute atomic E-state index is 0.541. The van der Waals surface area contributed by atoms with Gasteiger partial charge in [0, 0.05) is 6.42 Å². The van der Waals surface area contributed by atoms with Gasteiger partial charge < -0.3 is 9.84 Å². The van der Waals surface area contributed by atoms with Gasteiger partial charge in [0.1, 0.15) is 5.75 Å². The minimum Gasteiger partial charge on any atom is -0.493 e. The molecule has 0 bridgehead atoms. The van der Waals surface area contributed by atoms with E-state index in [-0.39, 0.29) is 0 Å².